The van der Waals surface area contributed by atoms with E-state index in [1.807, 2.05) is 19.1 Å². The number of carbonyl (C=O) groups excluding carboxylic acids is 1. The zero-order valence-electron chi connectivity index (χ0n) is 8.94. The monoisotopic (exact) mass is 235 g/mol. The summed E-state index contributed by atoms with van der Waals surface area (Å²) >= 11 is 6.05. The molecule has 0 aromatic carbocycles. The van der Waals surface area contributed by atoms with Crippen LogP contribution in [0.15, 0.2) is 18.3 Å². The van der Waals surface area contributed by atoms with Gasteiger partial charge in [0.15, 0.2) is 12.1 Å². The average Bonchev–Trinajstić information content (AvgIpc) is 2.54. The SMILES string of the molecule is Cc1ccnc(-n2nc(C)c(C=O)c2Cl)c1. The number of aldehydes is 1. The van der Waals surface area contributed by atoms with Crippen LogP contribution in [0.3, 0.4) is 0 Å². The minimum atomic E-state index is 0.297. The average molecular weight is 236 g/mol. The zero-order chi connectivity index (χ0) is 11.7. The molecule has 0 fully saturated rings. The standard InChI is InChI=1S/C11H10ClN3O/c1-7-3-4-13-10(5-7)15-11(12)9(6-16)8(2)14-15/h3-6H,1-2H3. The van der Waals surface area contributed by atoms with Crippen molar-refractivity contribution in [3.63, 3.8) is 0 Å². The van der Waals surface area contributed by atoms with Crippen molar-refractivity contribution in [2.45, 2.75) is 13.8 Å². The summed E-state index contributed by atoms with van der Waals surface area (Å²) < 4.78 is 1.47. The molecule has 0 aliphatic carbocycles. The Balaban J connectivity index is 2.61. The first-order chi connectivity index (χ1) is 7.63. The van der Waals surface area contributed by atoms with Gasteiger partial charge in [-0.3, -0.25) is 4.79 Å². The van der Waals surface area contributed by atoms with Crippen molar-refractivity contribution >= 4 is 17.9 Å². The van der Waals surface area contributed by atoms with Crippen LogP contribution >= 0.6 is 11.6 Å². The van der Waals surface area contributed by atoms with Gasteiger partial charge in [0.05, 0.1) is 11.3 Å². The van der Waals surface area contributed by atoms with Crippen LogP contribution in [0.1, 0.15) is 21.6 Å². The molecule has 0 amide bonds. The van der Waals surface area contributed by atoms with Gasteiger partial charge in [0.1, 0.15) is 5.15 Å². The molecular weight excluding hydrogens is 226 g/mol. The molecule has 5 heteroatoms. The number of hydrogen-bond donors (Lipinski definition) is 0. The molecule has 0 bridgehead atoms. The molecule has 0 aliphatic rings. The van der Waals surface area contributed by atoms with Gasteiger partial charge in [-0.25, -0.2) is 9.67 Å². The van der Waals surface area contributed by atoms with Gasteiger partial charge in [-0.05, 0) is 31.5 Å². The number of rotatable bonds is 2. The van der Waals surface area contributed by atoms with Crippen LogP contribution < -0.4 is 0 Å². The molecular formula is C11H10ClN3O. The quantitative estimate of drug-likeness (QED) is 0.751. The Labute approximate surface area is 97.9 Å². The Morgan fingerprint density at radius 3 is 2.75 bits per heavy atom. The second-order valence-corrected chi connectivity index (χ2v) is 3.87. The van der Waals surface area contributed by atoms with Crippen molar-refractivity contribution in [3.8, 4) is 5.82 Å². The molecule has 0 saturated heterocycles. The molecule has 0 radical (unpaired) electrons. The second kappa shape index (κ2) is 4.06. The van der Waals surface area contributed by atoms with Gasteiger partial charge in [-0.2, -0.15) is 5.10 Å². The summed E-state index contributed by atoms with van der Waals surface area (Å²) in [6.45, 7) is 3.69. The van der Waals surface area contributed by atoms with E-state index in [0.29, 0.717) is 28.5 Å². The molecule has 82 valence electrons. The smallest absolute Gasteiger partial charge is 0.155 e. The molecule has 0 aliphatic heterocycles. The van der Waals surface area contributed by atoms with E-state index < -0.39 is 0 Å². The van der Waals surface area contributed by atoms with Crippen LogP contribution in [-0.4, -0.2) is 21.1 Å². The summed E-state index contributed by atoms with van der Waals surface area (Å²) in [6.07, 6.45) is 2.38. The highest BCUT2D eigenvalue weighted by molar-refractivity contribution is 6.32. The first kappa shape index (κ1) is 10.8. The molecule has 0 atom stereocenters. The largest absolute Gasteiger partial charge is 0.298 e. The van der Waals surface area contributed by atoms with Crippen molar-refractivity contribution in [1.82, 2.24) is 14.8 Å². The molecule has 2 aromatic heterocycles. The maximum Gasteiger partial charge on any atom is 0.155 e. The van der Waals surface area contributed by atoms with Crippen LogP contribution in [0, 0.1) is 13.8 Å². The van der Waals surface area contributed by atoms with Crippen molar-refractivity contribution in [3.05, 3.63) is 40.3 Å². The maximum absolute atomic E-state index is 10.8. The van der Waals surface area contributed by atoms with Crippen LogP contribution in [0.5, 0.6) is 0 Å². The number of pyridine rings is 1. The first-order valence-electron chi connectivity index (χ1n) is 4.77. The van der Waals surface area contributed by atoms with Crippen molar-refractivity contribution < 1.29 is 4.79 Å². The number of aromatic nitrogens is 3. The summed E-state index contributed by atoms with van der Waals surface area (Å²) in [6, 6.07) is 3.74. The minimum Gasteiger partial charge on any atom is -0.298 e. The normalized spacial score (nSPS) is 10.4. The van der Waals surface area contributed by atoms with Gasteiger partial charge in [0, 0.05) is 6.20 Å². The Hall–Kier alpha value is -1.68. The lowest BCUT2D eigenvalue weighted by atomic mass is 10.3. The highest BCUT2D eigenvalue weighted by atomic mass is 35.5. The van der Waals surface area contributed by atoms with Gasteiger partial charge in [0.2, 0.25) is 0 Å². The maximum atomic E-state index is 10.8. The fraction of sp³-hybridized carbons (Fsp3) is 0.182. The van der Waals surface area contributed by atoms with Crippen molar-refractivity contribution in [2.24, 2.45) is 0 Å². The lowest BCUT2D eigenvalue weighted by Crippen LogP contribution is -2.00. The van der Waals surface area contributed by atoms with E-state index in [2.05, 4.69) is 10.1 Å². The Kier molecular flexibility index (Phi) is 2.75. The highest BCUT2D eigenvalue weighted by Crippen LogP contribution is 2.21. The van der Waals surface area contributed by atoms with Crippen molar-refractivity contribution in [1.29, 1.82) is 0 Å². The third-order valence-corrected chi connectivity index (χ3v) is 2.65. The third-order valence-electron chi connectivity index (χ3n) is 2.28. The van der Waals surface area contributed by atoms with Gasteiger partial charge >= 0.3 is 0 Å². The van der Waals surface area contributed by atoms with Crippen LogP contribution in [-0.2, 0) is 0 Å². The fourth-order valence-corrected chi connectivity index (χ4v) is 1.74. The van der Waals surface area contributed by atoms with E-state index in [1.54, 1.807) is 13.1 Å². The molecule has 2 aromatic rings. The fourth-order valence-electron chi connectivity index (χ4n) is 1.43. The summed E-state index contributed by atoms with van der Waals surface area (Å²) in [5.41, 5.74) is 2.06. The third kappa shape index (κ3) is 1.72. The van der Waals surface area contributed by atoms with E-state index >= 15 is 0 Å². The molecule has 4 nitrogen and oxygen atoms in total. The van der Waals surface area contributed by atoms with Crippen LogP contribution in [0.25, 0.3) is 5.82 Å². The molecule has 0 saturated carbocycles. The van der Waals surface area contributed by atoms with Gasteiger partial charge < -0.3 is 0 Å². The van der Waals surface area contributed by atoms with E-state index in [1.165, 1.54) is 4.68 Å². The number of hydrogen-bond acceptors (Lipinski definition) is 3. The Bertz CT molecular complexity index is 548. The second-order valence-electron chi connectivity index (χ2n) is 3.51. The van der Waals surface area contributed by atoms with E-state index in [9.17, 15) is 4.79 Å². The topological polar surface area (TPSA) is 47.8 Å². The molecule has 0 N–H and O–H groups in total. The summed E-state index contributed by atoms with van der Waals surface area (Å²) in [5, 5.41) is 4.48. The van der Waals surface area contributed by atoms with Crippen LogP contribution in [0.4, 0.5) is 0 Å². The lowest BCUT2D eigenvalue weighted by Gasteiger charge is -2.02. The molecule has 16 heavy (non-hydrogen) atoms. The Morgan fingerprint density at radius 1 is 1.44 bits per heavy atom. The molecule has 0 spiro atoms. The number of carbonyl (C=O) groups is 1. The Morgan fingerprint density at radius 2 is 2.19 bits per heavy atom. The predicted octanol–water partition coefficient (Wildman–Crippen LogP) is 2.35. The minimum absolute atomic E-state index is 0.297. The van der Waals surface area contributed by atoms with Crippen LogP contribution in [0.2, 0.25) is 5.15 Å². The highest BCUT2D eigenvalue weighted by Gasteiger charge is 2.14. The number of nitrogens with zero attached hydrogens (tertiary/aromatic N) is 3. The number of halogens is 1. The lowest BCUT2D eigenvalue weighted by molar-refractivity contribution is 0.112. The van der Waals surface area contributed by atoms with Gasteiger partial charge in [-0.1, -0.05) is 11.6 Å². The first-order valence-corrected chi connectivity index (χ1v) is 5.14. The summed E-state index contributed by atoms with van der Waals surface area (Å²) in [4.78, 5) is 15.0. The number of aryl methyl sites for hydroxylation is 2. The molecule has 2 rings (SSSR count). The van der Waals surface area contributed by atoms with Gasteiger partial charge in [-0.15, -0.1) is 0 Å². The molecule has 0 unspecified atom stereocenters. The summed E-state index contributed by atoms with van der Waals surface area (Å²) in [7, 11) is 0. The van der Waals surface area contributed by atoms with E-state index in [0.717, 1.165) is 5.56 Å². The summed E-state index contributed by atoms with van der Waals surface area (Å²) in [5.74, 6) is 0.612. The predicted molar refractivity (Wildman–Crippen MR) is 61.2 cm³/mol. The molecule has 2 heterocycles. The van der Waals surface area contributed by atoms with Crippen molar-refractivity contribution in [2.75, 3.05) is 0 Å². The van der Waals surface area contributed by atoms with E-state index in [-0.39, 0.29) is 0 Å². The van der Waals surface area contributed by atoms with E-state index in [4.69, 9.17) is 11.6 Å². The zero-order valence-corrected chi connectivity index (χ0v) is 9.69. The van der Waals surface area contributed by atoms with Gasteiger partial charge in [0.25, 0.3) is 0 Å².